The van der Waals surface area contributed by atoms with E-state index in [1.165, 1.54) is 6.42 Å². The molecule has 1 aromatic carbocycles. The molecule has 1 aliphatic rings. The van der Waals surface area contributed by atoms with Gasteiger partial charge in [0.05, 0.1) is 0 Å². The molecule has 1 N–H and O–H groups in total. The first-order valence-corrected chi connectivity index (χ1v) is 6.88. The van der Waals surface area contributed by atoms with Crippen LogP contribution < -0.4 is 5.32 Å². The zero-order chi connectivity index (χ0) is 13.2. The van der Waals surface area contributed by atoms with Gasteiger partial charge in [0.15, 0.2) is 0 Å². The molecule has 0 saturated heterocycles. The Bertz CT molecular complexity index is 603. The Morgan fingerprint density at radius 1 is 1.26 bits per heavy atom. The largest absolute Gasteiger partial charge is 0.348 e. The lowest BCUT2D eigenvalue weighted by Crippen LogP contribution is -2.33. The first kappa shape index (κ1) is 12.2. The van der Waals surface area contributed by atoms with Gasteiger partial charge in [-0.2, -0.15) is 0 Å². The van der Waals surface area contributed by atoms with E-state index in [9.17, 15) is 4.79 Å². The Hall–Kier alpha value is -1.90. The smallest absolute Gasteiger partial charge is 0.270 e. The van der Waals surface area contributed by atoms with Gasteiger partial charge in [-0.15, -0.1) is 0 Å². The fourth-order valence-electron chi connectivity index (χ4n) is 2.89. The van der Waals surface area contributed by atoms with Crippen molar-refractivity contribution in [2.24, 2.45) is 5.92 Å². The zero-order valence-electron chi connectivity index (χ0n) is 11.1. The van der Waals surface area contributed by atoms with Crippen molar-refractivity contribution in [3.8, 4) is 0 Å². The summed E-state index contributed by atoms with van der Waals surface area (Å²) in [6.45, 7) is 2.24. The maximum Gasteiger partial charge on any atom is 0.270 e. The van der Waals surface area contributed by atoms with Gasteiger partial charge in [-0.25, -0.2) is 0 Å². The van der Waals surface area contributed by atoms with Crippen molar-refractivity contribution in [2.45, 2.75) is 32.2 Å². The minimum atomic E-state index is -0.0455. The number of nitrogens with zero attached hydrogens (tertiary/aromatic N) is 1. The SMILES string of the molecule is CC1CCC(NC(=O)c2nccc3ccccc23)C1. The summed E-state index contributed by atoms with van der Waals surface area (Å²) in [5.74, 6) is 0.668. The van der Waals surface area contributed by atoms with Gasteiger partial charge in [-0.1, -0.05) is 31.2 Å². The van der Waals surface area contributed by atoms with Gasteiger partial charge in [-0.3, -0.25) is 9.78 Å². The fourth-order valence-corrected chi connectivity index (χ4v) is 2.89. The number of carbonyl (C=O) groups excluding carboxylic acids is 1. The van der Waals surface area contributed by atoms with Gasteiger partial charge < -0.3 is 5.32 Å². The van der Waals surface area contributed by atoms with Crippen LogP contribution in [0.25, 0.3) is 10.8 Å². The van der Waals surface area contributed by atoms with E-state index in [2.05, 4.69) is 17.2 Å². The summed E-state index contributed by atoms with van der Waals surface area (Å²) >= 11 is 0. The van der Waals surface area contributed by atoms with Crippen molar-refractivity contribution in [2.75, 3.05) is 0 Å². The van der Waals surface area contributed by atoms with Crippen molar-refractivity contribution in [3.63, 3.8) is 0 Å². The van der Waals surface area contributed by atoms with Gasteiger partial charge in [0, 0.05) is 17.6 Å². The highest BCUT2D eigenvalue weighted by Crippen LogP contribution is 2.25. The summed E-state index contributed by atoms with van der Waals surface area (Å²) in [5, 5.41) is 5.10. The Labute approximate surface area is 113 Å². The van der Waals surface area contributed by atoms with Crippen LogP contribution in [0.1, 0.15) is 36.7 Å². The molecular weight excluding hydrogens is 236 g/mol. The molecule has 2 atom stereocenters. The van der Waals surface area contributed by atoms with E-state index in [1.807, 2.05) is 30.3 Å². The average Bonchev–Trinajstić information content (AvgIpc) is 2.83. The van der Waals surface area contributed by atoms with Gasteiger partial charge >= 0.3 is 0 Å². The molecule has 0 spiro atoms. The zero-order valence-corrected chi connectivity index (χ0v) is 11.1. The Balaban J connectivity index is 1.85. The number of rotatable bonds is 2. The maximum atomic E-state index is 12.3. The number of carbonyl (C=O) groups is 1. The van der Waals surface area contributed by atoms with Gasteiger partial charge in [0.1, 0.15) is 5.69 Å². The van der Waals surface area contributed by atoms with Crippen LogP contribution in [0.5, 0.6) is 0 Å². The van der Waals surface area contributed by atoms with Gasteiger partial charge in [0.2, 0.25) is 0 Å². The van der Waals surface area contributed by atoms with Gasteiger partial charge in [0.25, 0.3) is 5.91 Å². The van der Waals surface area contributed by atoms with Crippen LogP contribution in [0.15, 0.2) is 36.5 Å². The first-order valence-electron chi connectivity index (χ1n) is 6.88. The monoisotopic (exact) mass is 254 g/mol. The minimum Gasteiger partial charge on any atom is -0.348 e. The summed E-state index contributed by atoms with van der Waals surface area (Å²) in [5.41, 5.74) is 0.539. The average molecular weight is 254 g/mol. The molecule has 1 heterocycles. The van der Waals surface area contributed by atoms with E-state index in [4.69, 9.17) is 0 Å². The number of nitrogens with one attached hydrogen (secondary N) is 1. The molecule has 1 saturated carbocycles. The quantitative estimate of drug-likeness (QED) is 0.894. The van der Waals surface area contributed by atoms with E-state index >= 15 is 0 Å². The number of pyridine rings is 1. The summed E-state index contributed by atoms with van der Waals surface area (Å²) in [7, 11) is 0. The third kappa shape index (κ3) is 2.46. The molecule has 3 nitrogen and oxygen atoms in total. The lowest BCUT2D eigenvalue weighted by atomic mass is 10.1. The molecule has 1 amide bonds. The van der Waals surface area contributed by atoms with Crippen molar-refractivity contribution < 1.29 is 4.79 Å². The van der Waals surface area contributed by atoms with E-state index in [0.717, 1.165) is 23.6 Å². The fraction of sp³-hybridized carbons (Fsp3) is 0.375. The third-order valence-corrected chi connectivity index (χ3v) is 3.92. The molecule has 0 bridgehead atoms. The molecule has 3 rings (SSSR count). The van der Waals surface area contributed by atoms with E-state index < -0.39 is 0 Å². The van der Waals surface area contributed by atoms with Crippen LogP contribution in [0.3, 0.4) is 0 Å². The molecule has 2 unspecified atom stereocenters. The second-order valence-corrected chi connectivity index (χ2v) is 5.47. The van der Waals surface area contributed by atoms with Crippen molar-refractivity contribution in [1.82, 2.24) is 10.3 Å². The Kier molecular flexibility index (Phi) is 3.20. The molecule has 98 valence electrons. The Morgan fingerprint density at radius 2 is 2.11 bits per heavy atom. The molecule has 2 aromatic rings. The number of benzene rings is 1. The molecule has 19 heavy (non-hydrogen) atoms. The van der Waals surface area contributed by atoms with E-state index in [-0.39, 0.29) is 5.91 Å². The van der Waals surface area contributed by atoms with Crippen LogP contribution in [0, 0.1) is 5.92 Å². The summed E-state index contributed by atoms with van der Waals surface area (Å²) < 4.78 is 0. The van der Waals surface area contributed by atoms with Crippen LogP contribution in [-0.4, -0.2) is 16.9 Å². The molecule has 1 aliphatic carbocycles. The summed E-state index contributed by atoms with van der Waals surface area (Å²) in [4.78, 5) is 16.6. The van der Waals surface area contributed by atoms with Crippen LogP contribution >= 0.6 is 0 Å². The molecule has 1 aromatic heterocycles. The van der Waals surface area contributed by atoms with Gasteiger partial charge in [-0.05, 0) is 36.6 Å². The second-order valence-electron chi connectivity index (χ2n) is 5.47. The van der Waals surface area contributed by atoms with E-state index in [0.29, 0.717) is 17.7 Å². The Morgan fingerprint density at radius 3 is 2.89 bits per heavy atom. The standard InChI is InChI=1S/C16H18N2O/c1-11-6-7-13(10-11)18-16(19)15-14-5-3-2-4-12(14)8-9-17-15/h2-5,8-9,11,13H,6-7,10H2,1H3,(H,18,19). The summed E-state index contributed by atoms with van der Waals surface area (Å²) in [6.07, 6.45) is 5.07. The highest BCUT2D eigenvalue weighted by atomic mass is 16.1. The predicted molar refractivity (Wildman–Crippen MR) is 76.0 cm³/mol. The lowest BCUT2D eigenvalue weighted by Gasteiger charge is -2.13. The predicted octanol–water partition coefficient (Wildman–Crippen LogP) is 3.15. The highest BCUT2D eigenvalue weighted by Gasteiger charge is 2.24. The van der Waals surface area contributed by atoms with Crippen molar-refractivity contribution >= 4 is 16.7 Å². The number of fused-ring (bicyclic) bond motifs is 1. The number of aromatic nitrogens is 1. The number of hydrogen-bond donors (Lipinski definition) is 1. The van der Waals surface area contributed by atoms with Crippen molar-refractivity contribution in [1.29, 1.82) is 0 Å². The molecule has 0 radical (unpaired) electrons. The first-order chi connectivity index (χ1) is 9.24. The lowest BCUT2D eigenvalue weighted by molar-refractivity contribution is 0.0934. The second kappa shape index (κ2) is 5.00. The van der Waals surface area contributed by atoms with E-state index in [1.54, 1.807) is 6.20 Å². The molecular formula is C16H18N2O. The summed E-state index contributed by atoms with van der Waals surface area (Å²) in [6, 6.07) is 10.1. The number of hydrogen-bond acceptors (Lipinski definition) is 2. The normalized spacial score (nSPS) is 22.6. The molecule has 1 fully saturated rings. The molecule has 0 aliphatic heterocycles. The van der Waals surface area contributed by atoms with Crippen LogP contribution in [0.2, 0.25) is 0 Å². The van der Waals surface area contributed by atoms with Crippen LogP contribution in [0.4, 0.5) is 0 Å². The third-order valence-electron chi connectivity index (χ3n) is 3.92. The number of amides is 1. The van der Waals surface area contributed by atoms with Crippen LogP contribution in [-0.2, 0) is 0 Å². The van der Waals surface area contributed by atoms with Crippen molar-refractivity contribution in [3.05, 3.63) is 42.2 Å². The minimum absolute atomic E-state index is 0.0455. The maximum absolute atomic E-state index is 12.3. The topological polar surface area (TPSA) is 42.0 Å². The molecule has 3 heteroatoms. The highest BCUT2D eigenvalue weighted by molar-refractivity contribution is 6.05.